The van der Waals surface area contributed by atoms with Gasteiger partial charge in [0.05, 0.1) is 11.8 Å². The fraction of sp³-hybridized carbons (Fsp3) is 0. The first-order valence-corrected chi connectivity index (χ1v) is 6.70. The van der Waals surface area contributed by atoms with Crippen molar-refractivity contribution in [1.82, 2.24) is 10.4 Å². The van der Waals surface area contributed by atoms with Crippen molar-refractivity contribution >= 4 is 22.9 Å². The number of amides is 1. The molecule has 5 nitrogen and oxygen atoms in total. The van der Waals surface area contributed by atoms with Crippen LogP contribution in [-0.2, 0) is 0 Å². The summed E-state index contributed by atoms with van der Waals surface area (Å²) in [6.45, 7) is 0. The third-order valence-corrected chi connectivity index (χ3v) is 3.23. The second-order valence-corrected chi connectivity index (χ2v) is 4.66. The number of benzene rings is 2. The fourth-order valence-corrected chi connectivity index (χ4v) is 2.14. The highest BCUT2D eigenvalue weighted by molar-refractivity contribution is 6.03. The van der Waals surface area contributed by atoms with E-state index in [1.54, 1.807) is 24.4 Å². The van der Waals surface area contributed by atoms with E-state index in [9.17, 15) is 9.90 Å². The molecule has 0 spiro atoms. The van der Waals surface area contributed by atoms with Gasteiger partial charge >= 0.3 is 0 Å². The molecule has 5 heteroatoms. The van der Waals surface area contributed by atoms with Gasteiger partial charge in [-0.1, -0.05) is 30.3 Å². The Bertz CT molecular complexity index is 845. The van der Waals surface area contributed by atoms with Crippen molar-refractivity contribution in [3.8, 4) is 5.75 Å². The average Bonchev–Trinajstić information content (AvgIpc) is 2.57. The van der Waals surface area contributed by atoms with Crippen LogP contribution < -0.4 is 5.43 Å². The summed E-state index contributed by atoms with van der Waals surface area (Å²) in [4.78, 5) is 15.7. The lowest BCUT2D eigenvalue weighted by atomic mass is 10.0. The van der Waals surface area contributed by atoms with Crippen molar-refractivity contribution in [3.05, 3.63) is 72.1 Å². The Balaban J connectivity index is 1.84. The highest BCUT2D eigenvalue weighted by atomic mass is 16.3. The number of carbonyl (C=O) groups excluding carboxylic acids is 1. The van der Waals surface area contributed by atoms with Crippen molar-refractivity contribution < 1.29 is 9.90 Å². The van der Waals surface area contributed by atoms with Crippen LogP contribution in [0.25, 0.3) is 10.8 Å². The molecule has 3 aromatic rings. The van der Waals surface area contributed by atoms with Crippen molar-refractivity contribution in [2.75, 3.05) is 0 Å². The number of pyridine rings is 1. The molecule has 0 aliphatic rings. The van der Waals surface area contributed by atoms with Gasteiger partial charge in [0.2, 0.25) is 0 Å². The van der Waals surface area contributed by atoms with Gasteiger partial charge in [-0.05, 0) is 29.0 Å². The number of aromatic hydroxyl groups is 1. The monoisotopic (exact) mass is 291 g/mol. The Hall–Kier alpha value is -3.21. The van der Waals surface area contributed by atoms with Gasteiger partial charge in [0, 0.05) is 18.0 Å². The summed E-state index contributed by atoms with van der Waals surface area (Å²) in [6, 6.07) is 14.4. The summed E-state index contributed by atoms with van der Waals surface area (Å²) in [5, 5.41) is 15.7. The molecule has 0 atom stereocenters. The largest absolute Gasteiger partial charge is 0.507 e. The molecule has 2 aromatic carbocycles. The number of hydrogen-bond donors (Lipinski definition) is 2. The summed E-state index contributed by atoms with van der Waals surface area (Å²) < 4.78 is 0. The zero-order chi connectivity index (χ0) is 15.4. The third-order valence-electron chi connectivity index (χ3n) is 3.23. The van der Waals surface area contributed by atoms with Gasteiger partial charge in [0.25, 0.3) is 5.91 Å². The molecule has 22 heavy (non-hydrogen) atoms. The van der Waals surface area contributed by atoms with Crippen molar-refractivity contribution in [2.45, 2.75) is 0 Å². The molecule has 108 valence electrons. The van der Waals surface area contributed by atoms with Gasteiger partial charge in [-0.25, -0.2) is 5.43 Å². The molecule has 0 fully saturated rings. The van der Waals surface area contributed by atoms with Gasteiger partial charge < -0.3 is 5.11 Å². The van der Waals surface area contributed by atoms with Crippen LogP contribution >= 0.6 is 0 Å². The van der Waals surface area contributed by atoms with Crippen LogP contribution in [0.3, 0.4) is 0 Å². The topological polar surface area (TPSA) is 74.6 Å². The van der Waals surface area contributed by atoms with Gasteiger partial charge in [-0.2, -0.15) is 5.10 Å². The standard InChI is InChI=1S/C17H13N3O2/c21-16-8-7-12-4-1-2-6-14(12)15(16)11-19-20-17(22)13-5-3-9-18-10-13/h1-11,21H,(H,20,22)/b19-11-. The first-order valence-electron chi connectivity index (χ1n) is 6.70. The van der Waals surface area contributed by atoms with E-state index in [1.807, 2.05) is 30.3 Å². The summed E-state index contributed by atoms with van der Waals surface area (Å²) in [5.41, 5.74) is 3.40. The number of hydrogen-bond acceptors (Lipinski definition) is 4. The first kappa shape index (κ1) is 13.8. The molecule has 1 heterocycles. The Kier molecular flexibility index (Phi) is 3.78. The average molecular weight is 291 g/mol. The molecule has 0 aliphatic heterocycles. The minimum atomic E-state index is -0.357. The second-order valence-electron chi connectivity index (χ2n) is 4.66. The van der Waals surface area contributed by atoms with E-state index in [0.717, 1.165) is 10.8 Å². The number of rotatable bonds is 3. The summed E-state index contributed by atoms with van der Waals surface area (Å²) >= 11 is 0. The molecule has 0 unspecified atom stereocenters. The lowest BCUT2D eigenvalue weighted by Crippen LogP contribution is -2.17. The predicted molar refractivity (Wildman–Crippen MR) is 84.9 cm³/mol. The fourth-order valence-electron chi connectivity index (χ4n) is 2.14. The first-order chi connectivity index (χ1) is 10.8. The smallest absolute Gasteiger partial charge is 0.272 e. The molecule has 0 radical (unpaired) electrons. The number of hydrazone groups is 1. The molecule has 0 aliphatic carbocycles. The van der Waals surface area contributed by atoms with E-state index in [4.69, 9.17) is 0 Å². The predicted octanol–water partition coefficient (Wildman–Crippen LogP) is 2.70. The minimum Gasteiger partial charge on any atom is -0.507 e. The number of phenolic OH excluding ortho intramolecular Hbond substituents is 1. The van der Waals surface area contributed by atoms with Crippen LogP contribution in [0.1, 0.15) is 15.9 Å². The highest BCUT2D eigenvalue weighted by Crippen LogP contribution is 2.25. The molecule has 3 rings (SSSR count). The molecule has 0 saturated heterocycles. The van der Waals surface area contributed by atoms with Crippen LogP contribution in [0.15, 0.2) is 66.0 Å². The number of nitrogens with zero attached hydrogens (tertiary/aromatic N) is 2. The molecule has 0 bridgehead atoms. The maximum absolute atomic E-state index is 11.9. The van der Waals surface area contributed by atoms with Crippen LogP contribution in [0.5, 0.6) is 5.75 Å². The van der Waals surface area contributed by atoms with Crippen molar-refractivity contribution in [2.24, 2.45) is 5.10 Å². The number of nitrogens with one attached hydrogen (secondary N) is 1. The van der Waals surface area contributed by atoms with E-state index in [1.165, 1.54) is 12.4 Å². The molecule has 1 aromatic heterocycles. The normalized spacial score (nSPS) is 10.9. The highest BCUT2D eigenvalue weighted by Gasteiger charge is 2.05. The van der Waals surface area contributed by atoms with Crippen LogP contribution in [0.4, 0.5) is 0 Å². The number of fused-ring (bicyclic) bond motifs is 1. The lowest BCUT2D eigenvalue weighted by molar-refractivity contribution is 0.0954. The maximum Gasteiger partial charge on any atom is 0.272 e. The number of aromatic nitrogens is 1. The van der Waals surface area contributed by atoms with E-state index >= 15 is 0 Å². The van der Waals surface area contributed by atoms with Gasteiger partial charge in [0.1, 0.15) is 5.75 Å². The second kappa shape index (κ2) is 6.05. The van der Waals surface area contributed by atoms with Gasteiger partial charge in [-0.15, -0.1) is 0 Å². The zero-order valence-electron chi connectivity index (χ0n) is 11.6. The Morgan fingerprint density at radius 2 is 2.00 bits per heavy atom. The SMILES string of the molecule is O=C(N/N=C\c1c(O)ccc2ccccc12)c1cccnc1. The quantitative estimate of drug-likeness (QED) is 0.575. The van der Waals surface area contributed by atoms with E-state index in [-0.39, 0.29) is 11.7 Å². The number of carbonyl (C=O) groups is 1. The van der Waals surface area contributed by atoms with E-state index in [0.29, 0.717) is 11.1 Å². The Labute approximate surface area is 126 Å². The van der Waals surface area contributed by atoms with Crippen molar-refractivity contribution in [3.63, 3.8) is 0 Å². The van der Waals surface area contributed by atoms with Crippen molar-refractivity contribution in [1.29, 1.82) is 0 Å². The minimum absolute atomic E-state index is 0.109. The molecular formula is C17H13N3O2. The third kappa shape index (κ3) is 2.78. The van der Waals surface area contributed by atoms with Gasteiger partial charge in [-0.3, -0.25) is 9.78 Å². The van der Waals surface area contributed by atoms with E-state index in [2.05, 4.69) is 15.5 Å². The molecule has 2 N–H and O–H groups in total. The van der Waals surface area contributed by atoms with E-state index < -0.39 is 0 Å². The lowest BCUT2D eigenvalue weighted by Gasteiger charge is -2.04. The van der Waals surface area contributed by atoms with Gasteiger partial charge in [0.15, 0.2) is 0 Å². The number of phenols is 1. The molecular weight excluding hydrogens is 278 g/mol. The summed E-state index contributed by atoms with van der Waals surface area (Å²) in [6.07, 6.45) is 4.49. The Morgan fingerprint density at radius 1 is 1.14 bits per heavy atom. The van der Waals surface area contributed by atoms with Crippen LogP contribution in [0, 0.1) is 0 Å². The van der Waals surface area contributed by atoms with Crippen LogP contribution in [0.2, 0.25) is 0 Å². The Morgan fingerprint density at radius 3 is 2.82 bits per heavy atom. The summed E-state index contributed by atoms with van der Waals surface area (Å²) in [7, 11) is 0. The molecule has 1 amide bonds. The molecule has 0 saturated carbocycles. The zero-order valence-corrected chi connectivity index (χ0v) is 11.6. The van der Waals surface area contributed by atoms with Crippen LogP contribution in [-0.4, -0.2) is 22.2 Å². The summed E-state index contributed by atoms with van der Waals surface area (Å²) in [5.74, 6) is -0.248. The maximum atomic E-state index is 11.9.